The zero-order valence-corrected chi connectivity index (χ0v) is 23.6. The zero-order chi connectivity index (χ0) is 26.8. The van der Waals surface area contributed by atoms with Crippen molar-refractivity contribution >= 4 is 20.5 Å². The Hall–Kier alpha value is -2.31. The van der Waals surface area contributed by atoms with Crippen molar-refractivity contribution in [3.8, 4) is 0 Å². The van der Waals surface area contributed by atoms with E-state index in [-0.39, 0.29) is 36.2 Å². The molecule has 36 heavy (non-hydrogen) atoms. The Morgan fingerprint density at radius 2 is 0.972 bits per heavy atom. The Balaban J connectivity index is 2.06. The summed E-state index contributed by atoms with van der Waals surface area (Å²) in [6.45, 7) is 16.5. The van der Waals surface area contributed by atoms with Crippen LogP contribution in [0.15, 0.2) is 48.5 Å². The molecule has 8 heteroatoms. The molecule has 2 aromatic carbocycles. The topological polar surface area (TPSA) is 74.3 Å². The second kappa shape index (κ2) is 14.4. The molecule has 0 aliphatic heterocycles. The van der Waals surface area contributed by atoms with Crippen LogP contribution in [0.4, 0.5) is 0 Å². The molecule has 0 unspecified atom stereocenters. The molecular weight excluding hydrogens is 477 g/mol. The first kappa shape index (κ1) is 29.9. The summed E-state index contributed by atoms with van der Waals surface area (Å²) in [6.07, 6.45) is -0.325. The minimum absolute atomic E-state index is 0.163. The average molecular weight is 518 g/mol. The van der Waals surface area contributed by atoms with E-state index in [2.05, 4.69) is 32.4 Å². The first-order valence-corrected chi connectivity index (χ1v) is 13.5. The van der Waals surface area contributed by atoms with Gasteiger partial charge in [-0.25, -0.2) is 14.3 Å². The van der Waals surface area contributed by atoms with Crippen LogP contribution in [0.3, 0.4) is 0 Å². The molecule has 0 amide bonds. The molecule has 0 N–H and O–H groups in total. The van der Waals surface area contributed by atoms with Gasteiger partial charge in [-0.15, -0.1) is 0 Å². The molecule has 0 atom stereocenters. The Morgan fingerprint density at radius 3 is 1.25 bits per heavy atom. The minimum atomic E-state index is -1.36. The van der Waals surface area contributed by atoms with E-state index < -0.39 is 8.53 Å². The maximum atomic E-state index is 12.1. The van der Waals surface area contributed by atoms with Gasteiger partial charge in [-0.05, 0) is 90.8 Å². The number of esters is 2. The summed E-state index contributed by atoms with van der Waals surface area (Å²) in [5.41, 5.74) is 2.90. The fraction of sp³-hybridized carbons (Fsp3) is 0.500. The quantitative estimate of drug-likeness (QED) is 0.211. The fourth-order valence-corrected chi connectivity index (χ4v) is 5.06. The molecule has 0 saturated carbocycles. The number of rotatable bonds is 13. The van der Waals surface area contributed by atoms with Gasteiger partial charge in [-0.1, -0.05) is 24.3 Å². The number of ether oxygens (including phenoxy) is 2. The number of hydrogen-bond donors (Lipinski definition) is 0. The van der Waals surface area contributed by atoms with Crippen LogP contribution in [0.25, 0.3) is 0 Å². The predicted octanol–water partition coefficient (Wildman–Crippen LogP) is 6.90. The molecule has 0 aliphatic rings. The third kappa shape index (κ3) is 9.62. The molecule has 7 nitrogen and oxygen atoms in total. The number of nitrogens with zero attached hydrogens (tertiary/aromatic N) is 1. The van der Waals surface area contributed by atoms with Crippen molar-refractivity contribution in [1.82, 2.24) is 4.67 Å². The molecule has 0 bridgehead atoms. The number of carbonyl (C=O) groups excluding carboxylic acids is 2. The SMILES string of the molecule is CC(C)OC(=O)c1ccc(COP(OCc2ccc(C(=O)OC(C)C)cc2)N(C(C)C)C(C)C)cc1. The van der Waals surface area contributed by atoms with Crippen LogP contribution < -0.4 is 0 Å². The molecule has 0 aromatic heterocycles. The number of benzene rings is 2. The number of hydrogen-bond acceptors (Lipinski definition) is 7. The average Bonchev–Trinajstić information content (AvgIpc) is 2.80. The molecule has 0 heterocycles. The lowest BCUT2D eigenvalue weighted by Gasteiger charge is -2.35. The van der Waals surface area contributed by atoms with Crippen LogP contribution in [0.5, 0.6) is 0 Å². The van der Waals surface area contributed by atoms with Crippen molar-refractivity contribution in [2.24, 2.45) is 0 Å². The summed E-state index contributed by atoms with van der Waals surface area (Å²) in [7, 11) is -1.36. The van der Waals surface area contributed by atoms with E-state index >= 15 is 0 Å². The van der Waals surface area contributed by atoms with E-state index in [4.69, 9.17) is 18.5 Å². The summed E-state index contributed by atoms with van der Waals surface area (Å²) in [6, 6.07) is 14.9. The molecule has 2 aromatic rings. The van der Waals surface area contributed by atoms with Gasteiger partial charge >= 0.3 is 11.9 Å². The molecule has 0 fully saturated rings. The molecule has 198 valence electrons. The van der Waals surface area contributed by atoms with E-state index in [1.54, 1.807) is 24.3 Å². The first-order chi connectivity index (χ1) is 17.0. The Bertz CT molecular complexity index is 880. The van der Waals surface area contributed by atoms with Crippen molar-refractivity contribution in [2.75, 3.05) is 0 Å². The highest BCUT2D eigenvalue weighted by Gasteiger charge is 2.27. The predicted molar refractivity (Wildman–Crippen MR) is 143 cm³/mol. The lowest BCUT2D eigenvalue weighted by Crippen LogP contribution is -2.33. The molecule has 2 rings (SSSR count). The Labute approximate surface area is 217 Å². The van der Waals surface area contributed by atoms with Crippen molar-refractivity contribution in [3.05, 3.63) is 70.8 Å². The summed E-state index contributed by atoms with van der Waals surface area (Å²) in [4.78, 5) is 24.2. The third-order valence-electron chi connectivity index (χ3n) is 4.99. The van der Waals surface area contributed by atoms with E-state index in [9.17, 15) is 9.59 Å². The minimum Gasteiger partial charge on any atom is -0.459 e. The van der Waals surface area contributed by atoms with Gasteiger partial charge in [0.1, 0.15) is 0 Å². The lowest BCUT2D eigenvalue weighted by atomic mass is 10.1. The van der Waals surface area contributed by atoms with Crippen molar-refractivity contribution in [1.29, 1.82) is 0 Å². The van der Waals surface area contributed by atoms with Crippen molar-refractivity contribution < 1.29 is 28.1 Å². The highest BCUT2D eigenvalue weighted by atomic mass is 31.2. The van der Waals surface area contributed by atoms with Crippen LogP contribution >= 0.6 is 8.53 Å². The van der Waals surface area contributed by atoms with Crippen molar-refractivity contribution in [2.45, 2.75) is 92.9 Å². The van der Waals surface area contributed by atoms with Gasteiger partial charge in [0.2, 0.25) is 0 Å². The first-order valence-electron chi connectivity index (χ1n) is 12.4. The normalized spacial score (nSPS) is 11.8. The van der Waals surface area contributed by atoms with Gasteiger partial charge in [0.15, 0.2) is 0 Å². The van der Waals surface area contributed by atoms with Gasteiger partial charge in [-0.3, -0.25) is 0 Å². The van der Waals surface area contributed by atoms with Crippen LogP contribution in [0.2, 0.25) is 0 Å². The summed E-state index contributed by atoms with van der Waals surface area (Å²) < 4.78 is 25.3. The summed E-state index contributed by atoms with van der Waals surface area (Å²) >= 11 is 0. The maximum Gasteiger partial charge on any atom is 0.338 e. The van der Waals surface area contributed by atoms with Gasteiger partial charge < -0.3 is 18.5 Å². The van der Waals surface area contributed by atoms with Crippen LogP contribution in [0.1, 0.15) is 87.2 Å². The van der Waals surface area contributed by atoms with Gasteiger partial charge in [0.05, 0.1) is 36.5 Å². The van der Waals surface area contributed by atoms with Gasteiger partial charge in [0, 0.05) is 12.1 Å². The van der Waals surface area contributed by atoms with Crippen LogP contribution in [-0.2, 0) is 31.7 Å². The van der Waals surface area contributed by atoms with Crippen LogP contribution in [-0.4, -0.2) is 40.9 Å². The van der Waals surface area contributed by atoms with Gasteiger partial charge in [-0.2, -0.15) is 0 Å². The summed E-state index contributed by atoms with van der Waals surface area (Å²) in [5.74, 6) is -0.672. The fourth-order valence-electron chi connectivity index (χ4n) is 3.44. The van der Waals surface area contributed by atoms with Crippen molar-refractivity contribution in [3.63, 3.8) is 0 Å². The summed E-state index contributed by atoms with van der Waals surface area (Å²) in [5, 5.41) is 0. The molecule has 0 saturated heterocycles. The Morgan fingerprint density at radius 1 is 0.639 bits per heavy atom. The van der Waals surface area contributed by atoms with E-state index in [1.807, 2.05) is 52.0 Å². The molecule has 0 radical (unpaired) electrons. The molecule has 0 aliphatic carbocycles. The molecular formula is C28H40NO6P. The van der Waals surface area contributed by atoms with Gasteiger partial charge in [0.25, 0.3) is 8.53 Å². The van der Waals surface area contributed by atoms with E-state index in [0.717, 1.165) is 11.1 Å². The van der Waals surface area contributed by atoms with E-state index in [0.29, 0.717) is 24.3 Å². The molecule has 0 spiro atoms. The number of carbonyl (C=O) groups is 2. The van der Waals surface area contributed by atoms with Crippen LogP contribution in [0, 0.1) is 0 Å². The second-order valence-electron chi connectivity index (χ2n) is 9.65. The highest BCUT2D eigenvalue weighted by molar-refractivity contribution is 7.44. The lowest BCUT2D eigenvalue weighted by molar-refractivity contribution is 0.0367. The largest absolute Gasteiger partial charge is 0.459 e. The zero-order valence-electron chi connectivity index (χ0n) is 22.7. The third-order valence-corrected chi connectivity index (χ3v) is 7.00. The monoisotopic (exact) mass is 517 g/mol. The highest BCUT2D eigenvalue weighted by Crippen LogP contribution is 2.47. The maximum absolute atomic E-state index is 12.1. The smallest absolute Gasteiger partial charge is 0.338 e. The van der Waals surface area contributed by atoms with E-state index in [1.165, 1.54) is 0 Å². The second-order valence-corrected chi connectivity index (χ2v) is 11.1. The standard InChI is InChI=1S/C28H40NO6P/c1-19(2)29(20(3)4)36(32-17-23-9-13-25(14-10-23)27(30)34-21(5)6)33-18-24-11-15-26(16-12-24)28(31)35-22(7)8/h9-16,19-22H,17-18H2,1-8H3. The Kier molecular flexibility index (Phi) is 12.0.